The molecule has 7 heteroatoms. The molecule has 1 saturated carbocycles. The van der Waals surface area contributed by atoms with Crippen molar-refractivity contribution in [1.82, 2.24) is 14.7 Å². The summed E-state index contributed by atoms with van der Waals surface area (Å²) in [4.78, 5) is 7.06. The summed E-state index contributed by atoms with van der Waals surface area (Å²) in [6.07, 6.45) is 11.5. The van der Waals surface area contributed by atoms with Crippen LogP contribution in [0.3, 0.4) is 0 Å². The monoisotopic (exact) mass is 495 g/mol. The first-order valence-corrected chi connectivity index (χ1v) is 13.3. The molecule has 0 aromatic carbocycles. The van der Waals surface area contributed by atoms with Gasteiger partial charge in [-0.1, -0.05) is 32.6 Å². The topological polar surface area (TPSA) is 28.2 Å². The maximum absolute atomic E-state index is 11.0. The summed E-state index contributed by atoms with van der Waals surface area (Å²) in [5, 5.41) is 0. The molecular formula is C27H59F2N3O2. The van der Waals surface area contributed by atoms with Crippen LogP contribution in [0.1, 0.15) is 79.1 Å². The number of alkyl halides is 2. The van der Waals surface area contributed by atoms with Crippen LogP contribution in [0.25, 0.3) is 0 Å². The molecule has 5 nitrogen and oxygen atoms in total. The Morgan fingerprint density at radius 3 is 1.26 bits per heavy atom. The van der Waals surface area contributed by atoms with Crippen molar-refractivity contribution >= 4 is 0 Å². The van der Waals surface area contributed by atoms with Gasteiger partial charge in [0.15, 0.2) is 0 Å². The van der Waals surface area contributed by atoms with Crippen molar-refractivity contribution in [3.05, 3.63) is 0 Å². The minimum absolute atomic E-state index is 0.847. The number of hydrogen-bond donors (Lipinski definition) is 0. The van der Waals surface area contributed by atoms with E-state index < -0.39 is 5.92 Å². The number of likely N-dealkylation sites (N-methyl/N-ethyl adjacent to an activating group) is 1. The van der Waals surface area contributed by atoms with Gasteiger partial charge < -0.3 is 24.2 Å². The van der Waals surface area contributed by atoms with E-state index in [1.165, 1.54) is 71.0 Å². The van der Waals surface area contributed by atoms with Gasteiger partial charge in [0, 0.05) is 33.4 Å². The van der Waals surface area contributed by atoms with Crippen LogP contribution in [0.4, 0.5) is 8.78 Å². The van der Waals surface area contributed by atoms with Gasteiger partial charge in [-0.25, -0.2) is 8.78 Å². The molecule has 0 unspecified atom stereocenters. The van der Waals surface area contributed by atoms with E-state index in [-0.39, 0.29) is 0 Å². The molecule has 1 aliphatic carbocycles. The molecule has 0 aromatic heterocycles. The van der Waals surface area contributed by atoms with Crippen molar-refractivity contribution in [1.29, 1.82) is 0 Å². The zero-order valence-electron chi connectivity index (χ0n) is 24.2. The van der Waals surface area contributed by atoms with Gasteiger partial charge in [0.25, 0.3) is 0 Å². The quantitative estimate of drug-likeness (QED) is 0.418. The predicted octanol–water partition coefficient (Wildman–Crippen LogP) is 5.88. The van der Waals surface area contributed by atoms with Crippen LogP contribution in [-0.4, -0.2) is 108 Å². The molecule has 4 rings (SSSR count). The third-order valence-corrected chi connectivity index (χ3v) is 6.09. The molecule has 208 valence electrons. The highest BCUT2D eigenvalue weighted by molar-refractivity contribution is 4.70. The summed E-state index contributed by atoms with van der Waals surface area (Å²) < 4.78 is 31.4. The number of morpholine rings is 1. The number of hydrogen-bond acceptors (Lipinski definition) is 5. The second-order valence-electron chi connectivity index (χ2n) is 10.5. The second kappa shape index (κ2) is 23.1. The van der Waals surface area contributed by atoms with Gasteiger partial charge in [0.05, 0.1) is 13.2 Å². The fourth-order valence-corrected chi connectivity index (χ4v) is 3.40. The lowest BCUT2D eigenvalue weighted by molar-refractivity contribution is 0.0437. The Kier molecular flexibility index (Phi) is 24.3. The molecule has 0 bridgehead atoms. The summed E-state index contributed by atoms with van der Waals surface area (Å²) in [5.74, 6) is -1.44. The highest BCUT2D eigenvalue weighted by Crippen LogP contribution is 2.24. The van der Waals surface area contributed by atoms with Crippen molar-refractivity contribution in [2.24, 2.45) is 5.92 Å². The summed E-state index contributed by atoms with van der Waals surface area (Å²) >= 11 is 0. The second-order valence-corrected chi connectivity index (χ2v) is 10.5. The summed E-state index contributed by atoms with van der Waals surface area (Å²) in [6.45, 7) is 14.3. The Morgan fingerprint density at radius 2 is 1.12 bits per heavy atom. The van der Waals surface area contributed by atoms with Gasteiger partial charge in [-0.15, -0.1) is 0 Å². The van der Waals surface area contributed by atoms with Crippen molar-refractivity contribution in [2.75, 3.05) is 81.3 Å². The van der Waals surface area contributed by atoms with Crippen LogP contribution >= 0.6 is 0 Å². The molecule has 0 amide bonds. The molecule has 4 fully saturated rings. The summed E-state index contributed by atoms with van der Waals surface area (Å²) in [5.41, 5.74) is 0. The van der Waals surface area contributed by atoms with Gasteiger partial charge in [0.2, 0.25) is 5.92 Å². The first-order valence-electron chi connectivity index (χ1n) is 13.3. The number of nitrogens with zero attached hydrogens (tertiary/aromatic N) is 3. The third kappa shape index (κ3) is 29.7. The van der Waals surface area contributed by atoms with Crippen molar-refractivity contribution in [2.45, 2.75) is 91.0 Å². The zero-order chi connectivity index (χ0) is 26.4. The lowest BCUT2D eigenvalue weighted by Crippen LogP contribution is -2.32. The van der Waals surface area contributed by atoms with Crippen LogP contribution < -0.4 is 0 Å². The Labute approximate surface area is 211 Å². The standard InChI is InChI=1S/2C6H13N.C5H11NO.C5H10.C3H6F2.C2H6O/c1-6-4-3-5-7(6)2;1-7-5-3-2-4-6-7;1-6-2-4-7-5-3-6;1-5-3-2-4-5;1-3(2,4)5;1-3-2/h6H,3-5H2,1-2H3;2-6H2,1H3;2-5H2,1H3;5H,2-4H2,1H3;1-2H3;1-2H3/t6-;;;;;/m0...../s1. The molecule has 1 atom stereocenters. The fraction of sp³-hybridized carbons (Fsp3) is 1.00. The number of methoxy groups -OCH3 is 1. The van der Waals surface area contributed by atoms with Crippen LogP contribution in [0.15, 0.2) is 0 Å². The Balaban J connectivity index is 0. The molecule has 0 aromatic rings. The van der Waals surface area contributed by atoms with Crippen LogP contribution in [0, 0.1) is 5.92 Å². The van der Waals surface area contributed by atoms with Gasteiger partial charge in [-0.05, 0) is 93.1 Å². The van der Waals surface area contributed by atoms with E-state index in [4.69, 9.17) is 4.74 Å². The fourth-order valence-electron chi connectivity index (χ4n) is 3.40. The number of likely N-dealkylation sites (tertiary alicyclic amines) is 2. The van der Waals surface area contributed by atoms with Crippen molar-refractivity contribution in [3.8, 4) is 0 Å². The summed E-state index contributed by atoms with van der Waals surface area (Å²) in [6, 6.07) is 0.847. The largest absolute Gasteiger partial charge is 0.388 e. The molecule has 3 heterocycles. The van der Waals surface area contributed by atoms with E-state index in [9.17, 15) is 8.78 Å². The molecule has 4 aliphatic rings. The SMILES string of the molecule is CC(C)(F)F.CC1CCC1.CN1CCCCC1.CN1CCOCC1.COC.C[C@H]1CCCN1C. The number of rotatable bonds is 0. The lowest BCUT2D eigenvalue weighted by atomic mass is 9.88. The van der Waals surface area contributed by atoms with Crippen molar-refractivity contribution in [3.63, 3.8) is 0 Å². The smallest absolute Gasteiger partial charge is 0.242 e. The van der Waals surface area contributed by atoms with E-state index in [0.29, 0.717) is 0 Å². The van der Waals surface area contributed by atoms with Gasteiger partial charge in [-0.2, -0.15) is 0 Å². The van der Waals surface area contributed by atoms with Crippen LogP contribution in [0.5, 0.6) is 0 Å². The Bertz CT molecular complexity index is 379. The zero-order valence-corrected chi connectivity index (χ0v) is 24.2. The Morgan fingerprint density at radius 1 is 0.706 bits per heavy atom. The maximum Gasteiger partial charge on any atom is 0.242 e. The van der Waals surface area contributed by atoms with E-state index in [2.05, 4.69) is 54.4 Å². The average Bonchev–Trinajstić information content (AvgIpc) is 3.11. The van der Waals surface area contributed by atoms with E-state index in [1.54, 1.807) is 14.2 Å². The van der Waals surface area contributed by atoms with Gasteiger partial charge in [-0.3, -0.25) is 0 Å². The van der Waals surface area contributed by atoms with Crippen LogP contribution in [-0.2, 0) is 9.47 Å². The van der Waals surface area contributed by atoms with Gasteiger partial charge >= 0.3 is 0 Å². The molecule has 0 radical (unpaired) electrons. The summed E-state index contributed by atoms with van der Waals surface area (Å²) in [7, 11) is 9.75. The van der Waals surface area contributed by atoms with Crippen LogP contribution in [0.2, 0.25) is 0 Å². The van der Waals surface area contributed by atoms with E-state index >= 15 is 0 Å². The molecule has 0 spiro atoms. The predicted molar refractivity (Wildman–Crippen MR) is 143 cm³/mol. The number of halogens is 2. The maximum atomic E-state index is 11.0. The molecule has 3 saturated heterocycles. The number of piperidine rings is 1. The van der Waals surface area contributed by atoms with E-state index in [0.717, 1.165) is 52.1 Å². The molecule has 34 heavy (non-hydrogen) atoms. The highest BCUT2D eigenvalue weighted by atomic mass is 19.3. The van der Waals surface area contributed by atoms with E-state index in [1.807, 2.05) is 0 Å². The first-order chi connectivity index (χ1) is 15.9. The molecule has 3 aliphatic heterocycles. The highest BCUT2D eigenvalue weighted by Gasteiger charge is 2.14. The minimum atomic E-state index is -2.50. The molecule has 0 N–H and O–H groups in total. The van der Waals surface area contributed by atoms with Gasteiger partial charge in [0.1, 0.15) is 0 Å². The normalized spacial score (nSPS) is 23.6. The molecular weight excluding hydrogens is 436 g/mol. The Hall–Kier alpha value is -0.340. The van der Waals surface area contributed by atoms with Crippen molar-refractivity contribution < 1.29 is 18.3 Å². The third-order valence-electron chi connectivity index (χ3n) is 6.09. The minimum Gasteiger partial charge on any atom is -0.388 e. The average molecular weight is 496 g/mol. The first kappa shape index (κ1) is 35.8. The number of ether oxygens (including phenoxy) is 2. The lowest BCUT2D eigenvalue weighted by Gasteiger charge is -2.21.